The predicted octanol–water partition coefficient (Wildman–Crippen LogP) is 2.09. The number of fused-ring (bicyclic) bond motifs is 1. The van der Waals surface area contributed by atoms with E-state index in [2.05, 4.69) is 19.2 Å². The summed E-state index contributed by atoms with van der Waals surface area (Å²) >= 11 is 0. The van der Waals surface area contributed by atoms with Gasteiger partial charge in [0.25, 0.3) is 0 Å². The molecular formula is C13H19NO3. The molecule has 1 atom stereocenters. The highest BCUT2D eigenvalue weighted by atomic mass is 16.7. The first-order valence-electron chi connectivity index (χ1n) is 5.95. The van der Waals surface area contributed by atoms with Crippen molar-refractivity contribution in [3.63, 3.8) is 0 Å². The fraction of sp³-hybridized carbons (Fsp3) is 0.538. The van der Waals surface area contributed by atoms with Gasteiger partial charge >= 0.3 is 0 Å². The summed E-state index contributed by atoms with van der Waals surface area (Å²) in [6.07, 6.45) is 0. The molecule has 1 aromatic carbocycles. The Kier molecular flexibility index (Phi) is 3.74. The lowest BCUT2D eigenvalue weighted by atomic mass is 9.97. The number of aliphatic hydroxyl groups excluding tert-OH is 1. The van der Waals surface area contributed by atoms with Crippen LogP contribution in [0.2, 0.25) is 0 Å². The van der Waals surface area contributed by atoms with E-state index in [9.17, 15) is 5.11 Å². The number of nitrogens with one attached hydrogen (secondary N) is 1. The largest absolute Gasteiger partial charge is 0.454 e. The van der Waals surface area contributed by atoms with E-state index in [-0.39, 0.29) is 12.5 Å². The van der Waals surface area contributed by atoms with Gasteiger partial charge in [0.05, 0.1) is 0 Å². The topological polar surface area (TPSA) is 50.7 Å². The lowest BCUT2D eigenvalue weighted by Crippen LogP contribution is -2.22. The van der Waals surface area contributed by atoms with E-state index >= 15 is 0 Å². The molecule has 0 aliphatic carbocycles. The Hall–Kier alpha value is -1.42. The van der Waals surface area contributed by atoms with E-state index in [4.69, 9.17) is 9.47 Å². The second-order valence-electron chi connectivity index (χ2n) is 4.64. The van der Waals surface area contributed by atoms with Crippen molar-refractivity contribution in [1.82, 2.24) is 0 Å². The van der Waals surface area contributed by atoms with Gasteiger partial charge in [-0.15, -0.1) is 0 Å². The van der Waals surface area contributed by atoms with Crippen LogP contribution >= 0.6 is 0 Å². The molecule has 4 heteroatoms. The molecule has 94 valence electrons. The third kappa shape index (κ3) is 2.82. The van der Waals surface area contributed by atoms with E-state index < -0.39 is 0 Å². The molecule has 2 rings (SSSR count). The van der Waals surface area contributed by atoms with Gasteiger partial charge in [-0.05, 0) is 18.1 Å². The van der Waals surface area contributed by atoms with E-state index in [1.54, 1.807) is 0 Å². The van der Waals surface area contributed by atoms with Crippen LogP contribution in [0.3, 0.4) is 0 Å². The van der Waals surface area contributed by atoms with Gasteiger partial charge in [-0.3, -0.25) is 0 Å². The molecule has 0 amide bonds. The third-order valence-electron chi connectivity index (χ3n) is 3.12. The first kappa shape index (κ1) is 12.0. The summed E-state index contributed by atoms with van der Waals surface area (Å²) in [6.45, 7) is 5.48. The summed E-state index contributed by atoms with van der Waals surface area (Å²) in [6, 6.07) is 5.79. The van der Waals surface area contributed by atoms with Crippen LogP contribution in [0.25, 0.3) is 0 Å². The van der Waals surface area contributed by atoms with Gasteiger partial charge in [0, 0.05) is 30.8 Å². The minimum absolute atomic E-state index is 0.204. The molecule has 0 radical (unpaired) electrons. The lowest BCUT2D eigenvalue weighted by Gasteiger charge is -2.19. The van der Waals surface area contributed by atoms with E-state index in [0.717, 1.165) is 23.7 Å². The number of anilines is 1. The predicted molar refractivity (Wildman–Crippen MR) is 66.5 cm³/mol. The first-order chi connectivity index (χ1) is 8.20. The van der Waals surface area contributed by atoms with Gasteiger partial charge < -0.3 is 19.9 Å². The van der Waals surface area contributed by atoms with Crippen LogP contribution in [-0.2, 0) is 0 Å². The number of hydrogen-bond donors (Lipinski definition) is 2. The number of aliphatic hydroxyl groups is 1. The SMILES string of the molecule is CC(C)C(CO)CNc1ccc2c(c1)OCO2. The molecule has 1 heterocycles. The minimum atomic E-state index is 0.204. The van der Waals surface area contributed by atoms with Gasteiger partial charge in [0.2, 0.25) is 6.79 Å². The molecule has 0 fully saturated rings. The second kappa shape index (κ2) is 5.27. The molecular weight excluding hydrogens is 218 g/mol. The Morgan fingerprint density at radius 2 is 2.06 bits per heavy atom. The Bertz CT molecular complexity index is 379. The number of benzene rings is 1. The van der Waals surface area contributed by atoms with Crippen molar-refractivity contribution in [1.29, 1.82) is 0 Å². The molecule has 4 nitrogen and oxygen atoms in total. The number of hydrogen-bond acceptors (Lipinski definition) is 4. The standard InChI is InChI=1S/C13H19NO3/c1-9(2)10(7-15)6-14-11-3-4-12-13(5-11)17-8-16-12/h3-5,9-10,14-15H,6-8H2,1-2H3. The number of rotatable bonds is 5. The zero-order valence-electron chi connectivity index (χ0n) is 10.3. The van der Waals surface area contributed by atoms with E-state index in [1.807, 2.05) is 18.2 Å². The molecule has 1 aliphatic rings. The summed E-state index contributed by atoms with van der Waals surface area (Å²) in [5, 5.41) is 12.6. The Balaban J connectivity index is 1.95. The fourth-order valence-corrected chi connectivity index (χ4v) is 1.77. The monoisotopic (exact) mass is 237 g/mol. The first-order valence-corrected chi connectivity index (χ1v) is 5.95. The summed E-state index contributed by atoms with van der Waals surface area (Å²) in [5.74, 6) is 2.29. The van der Waals surface area contributed by atoms with Crippen LogP contribution in [0.5, 0.6) is 11.5 Å². The van der Waals surface area contributed by atoms with E-state index in [0.29, 0.717) is 12.7 Å². The van der Waals surface area contributed by atoms with Gasteiger partial charge in [0.15, 0.2) is 11.5 Å². The zero-order valence-corrected chi connectivity index (χ0v) is 10.3. The van der Waals surface area contributed by atoms with Crippen molar-refractivity contribution in [2.75, 3.05) is 25.3 Å². The molecule has 0 saturated carbocycles. The molecule has 2 N–H and O–H groups in total. The smallest absolute Gasteiger partial charge is 0.231 e. The summed E-state index contributed by atoms with van der Waals surface area (Å²) < 4.78 is 10.6. The van der Waals surface area contributed by atoms with Crippen molar-refractivity contribution in [2.45, 2.75) is 13.8 Å². The fourth-order valence-electron chi connectivity index (χ4n) is 1.77. The molecule has 1 unspecified atom stereocenters. The molecule has 0 aromatic heterocycles. The maximum atomic E-state index is 9.24. The normalized spacial score (nSPS) is 15.1. The van der Waals surface area contributed by atoms with Gasteiger partial charge in [-0.1, -0.05) is 13.8 Å². The van der Waals surface area contributed by atoms with Crippen LogP contribution < -0.4 is 14.8 Å². The van der Waals surface area contributed by atoms with Gasteiger partial charge in [-0.25, -0.2) is 0 Å². The third-order valence-corrected chi connectivity index (χ3v) is 3.12. The minimum Gasteiger partial charge on any atom is -0.454 e. The zero-order chi connectivity index (χ0) is 12.3. The van der Waals surface area contributed by atoms with Crippen LogP contribution in [0.1, 0.15) is 13.8 Å². The molecule has 0 bridgehead atoms. The quantitative estimate of drug-likeness (QED) is 0.823. The van der Waals surface area contributed by atoms with Crippen molar-refractivity contribution in [3.05, 3.63) is 18.2 Å². The molecule has 17 heavy (non-hydrogen) atoms. The average Bonchev–Trinajstić information content (AvgIpc) is 2.76. The van der Waals surface area contributed by atoms with Crippen LogP contribution in [0.15, 0.2) is 18.2 Å². The van der Waals surface area contributed by atoms with Crippen molar-refractivity contribution in [2.24, 2.45) is 11.8 Å². The maximum Gasteiger partial charge on any atom is 0.231 e. The second-order valence-corrected chi connectivity index (χ2v) is 4.64. The Morgan fingerprint density at radius 1 is 1.29 bits per heavy atom. The Labute approximate surface area is 102 Å². The highest BCUT2D eigenvalue weighted by Crippen LogP contribution is 2.34. The summed E-state index contributed by atoms with van der Waals surface area (Å²) in [4.78, 5) is 0. The lowest BCUT2D eigenvalue weighted by molar-refractivity contribution is 0.174. The molecule has 1 aliphatic heterocycles. The number of ether oxygens (including phenoxy) is 2. The molecule has 0 saturated heterocycles. The maximum absolute atomic E-state index is 9.24. The van der Waals surface area contributed by atoms with E-state index in [1.165, 1.54) is 0 Å². The van der Waals surface area contributed by atoms with Crippen molar-refractivity contribution in [3.8, 4) is 11.5 Å². The van der Waals surface area contributed by atoms with Gasteiger partial charge in [-0.2, -0.15) is 0 Å². The summed E-state index contributed by atoms with van der Waals surface area (Å²) in [5.41, 5.74) is 0.994. The van der Waals surface area contributed by atoms with Crippen LogP contribution in [-0.4, -0.2) is 25.1 Å². The highest BCUT2D eigenvalue weighted by Gasteiger charge is 2.15. The van der Waals surface area contributed by atoms with Gasteiger partial charge in [0.1, 0.15) is 0 Å². The summed E-state index contributed by atoms with van der Waals surface area (Å²) in [7, 11) is 0. The van der Waals surface area contributed by atoms with Crippen molar-refractivity contribution < 1.29 is 14.6 Å². The average molecular weight is 237 g/mol. The highest BCUT2D eigenvalue weighted by molar-refractivity contribution is 5.55. The van der Waals surface area contributed by atoms with Crippen molar-refractivity contribution >= 4 is 5.69 Å². The van der Waals surface area contributed by atoms with Crippen LogP contribution in [0.4, 0.5) is 5.69 Å². The van der Waals surface area contributed by atoms with Crippen LogP contribution in [0, 0.1) is 11.8 Å². The molecule has 0 spiro atoms. The molecule has 1 aromatic rings. The Morgan fingerprint density at radius 3 is 2.76 bits per heavy atom.